The molecule has 4 atom stereocenters. The van der Waals surface area contributed by atoms with Crippen LogP contribution in [0.25, 0.3) is 0 Å². The minimum Gasteiger partial charge on any atom is -0.311 e. The van der Waals surface area contributed by atoms with Gasteiger partial charge in [-0.05, 0) is 50.4 Å². The second-order valence-corrected chi connectivity index (χ2v) is 7.71. The second kappa shape index (κ2) is 7.67. The highest BCUT2D eigenvalue weighted by atomic mass is 14.9. The van der Waals surface area contributed by atoms with E-state index in [9.17, 15) is 0 Å². The molecule has 2 fully saturated rings. The number of hydrogen-bond acceptors (Lipinski definition) is 1. The molecule has 19 heavy (non-hydrogen) atoms. The minimum atomic E-state index is 0.726. The van der Waals surface area contributed by atoms with Crippen LogP contribution in [0.1, 0.15) is 85.0 Å². The maximum atomic E-state index is 3.93. The number of fused-ring (bicyclic) bond motifs is 1. The number of nitrogens with one attached hydrogen (secondary N) is 1. The summed E-state index contributed by atoms with van der Waals surface area (Å²) in [5.74, 6) is 3.01. The van der Waals surface area contributed by atoms with Gasteiger partial charge in [0.25, 0.3) is 0 Å². The van der Waals surface area contributed by atoms with Crippen molar-refractivity contribution in [1.82, 2.24) is 5.32 Å². The fourth-order valence-corrected chi connectivity index (χ4v) is 4.34. The van der Waals surface area contributed by atoms with Gasteiger partial charge in [-0.15, -0.1) is 0 Å². The maximum Gasteiger partial charge on any atom is 0.00723 e. The molecule has 0 aromatic heterocycles. The van der Waals surface area contributed by atoms with Gasteiger partial charge in [0.2, 0.25) is 0 Å². The quantitative estimate of drug-likeness (QED) is 0.700. The fraction of sp³-hybridized carbons (Fsp3) is 1.00. The standard InChI is InChI=1S/C18H35N/c1-14(2)7-6-8-15(3)19-18-12-11-16-9-4-5-10-17(16)13-18/h14-19H,4-13H2,1-3H3. The Kier molecular flexibility index (Phi) is 6.19. The smallest absolute Gasteiger partial charge is 0.00723 e. The summed E-state index contributed by atoms with van der Waals surface area (Å²) in [4.78, 5) is 0. The third-order valence-electron chi connectivity index (χ3n) is 5.48. The van der Waals surface area contributed by atoms with Gasteiger partial charge in [0.15, 0.2) is 0 Å². The highest BCUT2D eigenvalue weighted by molar-refractivity contribution is 4.87. The third-order valence-corrected chi connectivity index (χ3v) is 5.48. The van der Waals surface area contributed by atoms with Crippen LogP contribution in [0, 0.1) is 17.8 Å². The van der Waals surface area contributed by atoms with Gasteiger partial charge in [0.05, 0.1) is 0 Å². The van der Waals surface area contributed by atoms with Crippen molar-refractivity contribution in [3.8, 4) is 0 Å². The van der Waals surface area contributed by atoms with Gasteiger partial charge in [-0.25, -0.2) is 0 Å². The highest BCUT2D eigenvalue weighted by Gasteiger charge is 2.32. The van der Waals surface area contributed by atoms with E-state index in [1.54, 1.807) is 0 Å². The molecule has 0 bridgehead atoms. The van der Waals surface area contributed by atoms with Crippen LogP contribution in [-0.4, -0.2) is 12.1 Å². The van der Waals surface area contributed by atoms with Gasteiger partial charge >= 0.3 is 0 Å². The topological polar surface area (TPSA) is 12.0 Å². The largest absolute Gasteiger partial charge is 0.311 e. The van der Waals surface area contributed by atoms with Crippen molar-refractivity contribution < 1.29 is 0 Å². The van der Waals surface area contributed by atoms with Crippen LogP contribution in [0.4, 0.5) is 0 Å². The lowest BCUT2D eigenvalue weighted by molar-refractivity contribution is 0.138. The Labute approximate surface area is 120 Å². The first kappa shape index (κ1) is 15.4. The zero-order chi connectivity index (χ0) is 13.7. The summed E-state index contributed by atoms with van der Waals surface area (Å²) in [6.45, 7) is 7.07. The number of hydrogen-bond donors (Lipinski definition) is 1. The van der Waals surface area contributed by atoms with Crippen molar-refractivity contribution in [1.29, 1.82) is 0 Å². The molecule has 2 rings (SSSR count). The molecular weight excluding hydrogens is 230 g/mol. The van der Waals surface area contributed by atoms with Crippen LogP contribution >= 0.6 is 0 Å². The van der Waals surface area contributed by atoms with Crippen molar-refractivity contribution in [3.05, 3.63) is 0 Å². The first-order valence-corrected chi connectivity index (χ1v) is 8.91. The Bertz CT molecular complexity index is 248. The average molecular weight is 265 g/mol. The van der Waals surface area contributed by atoms with E-state index in [2.05, 4.69) is 26.1 Å². The normalized spacial score (nSPS) is 33.2. The summed E-state index contributed by atoms with van der Waals surface area (Å²) >= 11 is 0. The minimum absolute atomic E-state index is 0.726. The van der Waals surface area contributed by atoms with E-state index in [0.29, 0.717) is 0 Å². The SMILES string of the molecule is CC(C)CCCC(C)NC1CCC2CCCCC2C1. The molecule has 0 heterocycles. The molecule has 2 aliphatic carbocycles. The van der Waals surface area contributed by atoms with Crippen molar-refractivity contribution in [2.24, 2.45) is 17.8 Å². The molecule has 0 aromatic rings. The molecule has 0 radical (unpaired) electrons. The molecule has 1 nitrogen and oxygen atoms in total. The molecule has 1 heteroatoms. The van der Waals surface area contributed by atoms with Gasteiger partial charge in [0, 0.05) is 12.1 Å². The van der Waals surface area contributed by atoms with Crippen LogP contribution < -0.4 is 5.32 Å². The molecule has 2 saturated carbocycles. The van der Waals surface area contributed by atoms with E-state index in [4.69, 9.17) is 0 Å². The van der Waals surface area contributed by atoms with Gasteiger partial charge in [0.1, 0.15) is 0 Å². The molecule has 0 aromatic carbocycles. The fourth-order valence-electron chi connectivity index (χ4n) is 4.34. The summed E-state index contributed by atoms with van der Waals surface area (Å²) in [6, 6.07) is 1.55. The molecule has 112 valence electrons. The van der Waals surface area contributed by atoms with Gasteiger partial charge in [-0.2, -0.15) is 0 Å². The molecule has 1 N–H and O–H groups in total. The molecule has 0 spiro atoms. The van der Waals surface area contributed by atoms with Gasteiger partial charge in [-0.1, -0.05) is 52.4 Å². The molecular formula is C18H35N. The van der Waals surface area contributed by atoms with E-state index in [1.807, 2.05) is 0 Å². The lowest BCUT2D eigenvalue weighted by atomic mass is 9.69. The second-order valence-electron chi connectivity index (χ2n) is 7.71. The zero-order valence-corrected chi connectivity index (χ0v) is 13.5. The van der Waals surface area contributed by atoms with Crippen LogP contribution in [0.2, 0.25) is 0 Å². The lowest BCUT2D eigenvalue weighted by Crippen LogP contribution is -2.42. The van der Waals surface area contributed by atoms with E-state index in [-0.39, 0.29) is 0 Å². The summed E-state index contributed by atoms with van der Waals surface area (Å²) < 4.78 is 0. The van der Waals surface area contributed by atoms with Crippen LogP contribution in [-0.2, 0) is 0 Å². The van der Waals surface area contributed by atoms with E-state index < -0.39 is 0 Å². The highest BCUT2D eigenvalue weighted by Crippen LogP contribution is 2.40. The molecule has 0 amide bonds. The van der Waals surface area contributed by atoms with Crippen molar-refractivity contribution in [2.75, 3.05) is 0 Å². The van der Waals surface area contributed by atoms with Crippen molar-refractivity contribution in [3.63, 3.8) is 0 Å². The van der Waals surface area contributed by atoms with Crippen molar-refractivity contribution >= 4 is 0 Å². The van der Waals surface area contributed by atoms with E-state index >= 15 is 0 Å². The van der Waals surface area contributed by atoms with Crippen LogP contribution in [0.15, 0.2) is 0 Å². The Morgan fingerprint density at radius 2 is 1.63 bits per heavy atom. The van der Waals surface area contributed by atoms with E-state index in [1.165, 1.54) is 64.2 Å². The summed E-state index contributed by atoms with van der Waals surface area (Å²) in [6.07, 6.45) is 14.6. The Balaban J connectivity index is 1.65. The average Bonchev–Trinajstić information content (AvgIpc) is 2.38. The first-order chi connectivity index (χ1) is 9.15. The Hall–Kier alpha value is -0.0400. The Morgan fingerprint density at radius 1 is 0.895 bits per heavy atom. The van der Waals surface area contributed by atoms with Crippen molar-refractivity contribution in [2.45, 2.75) is 97.1 Å². The predicted molar refractivity (Wildman–Crippen MR) is 84.4 cm³/mol. The third kappa shape index (κ3) is 5.10. The lowest BCUT2D eigenvalue weighted by Gasteiger charge is -2.40. The van der Waals surface area contributed by atoms with Crippen LogP contribution in [0.5, 0.6) is 0 Å². The molecule has 0 aliphatic heterocycles. The molecule has 2 aliphatic rings. The predicted octanol–water partition coefficient (Wildman–Crippen LogP) is 5.15. The van der Waals surface area contributed by atoms with Crippen LogP contribution in [0.3, 0.4) is 0 Å². The maximum absolute atomic E-state index is 3.93. The molecule has 4 unspecified atom stereocenters. The monoisotopic (exact) mass is 265 g/mol. The van der Waals surface area contributed by atoms with Gasteiger partial charge < -0.3 is 5.32 Å². The van der Waals surface area contributed by atoms with E-state index in [0.717, 1.165) is 29.8 Å². The summed E-state index contributed by atoms with van der Waals surface area (Å²) in [5.41, 5.74) is 0. The summed E-state index contributed by atoms with van der Waals surface area (Å²) in [5, 5.41) is 3.93. The zero-order valence-electron chi connectivity index (χ0n) is 13.5. The van der Waals surface area contributed by atoms with Gasteiger partial charge in [-0.3, -0.25) is 0 Å². The summed E-state index contributed by atoms with van der Waals surface area (Å²) in [7, 11) is 0. The molecule has 0 saturated heterocycles. The number of rotatable bonds is 6. The Morgan fingerprint density at radius 3 is 2.37 bits per heavy atom. The first-order valence-electron chi connectivity index (χ1n) is 8.91.